The van der Waals surface area contributed by atoms with Crippen molar-refractivity contribution in [3.63, 3.8) is 0 Å². The molecule has 1 amide bonds. The second-order valence-electron chi connectivity index (χ2n) is 5.10. The third kappa shape index (κ3) is 4.14. The van der Waals surface area contributed by atoms with Crippen LogP contribution in [0.15, 0.2) is 24.3 Å². The summed E-state index contributed by atoms with van der Waals surface area (Å²) in [5.41, 5.74) is -5.36. The Morgan fingerprint density at radius 2 is 2.00 bits per heavy atom. The van der Waals surface area contributed by atoms with E-state index in [-0.39, 0.29) is 43.0 Å². The molecule has 1 atom stereocenters. The number of ether oxygens (including phenoxy) is 1. The van der Waals surface area contributed by atoms with Gasteiger partial charge in [0.05, 0.1) is 11.8 Å². The van der Waals surface area contributed by atoms with Gasteiger partial charge in [0.2, 0.25) is 5.91 Å². The van der Waals surface area contributed by atoms with Crippen molar-refractivity contribution in [1.29, 1.82) is 0 Å². The Bertz CT molecular complexity index is 691. The lowest BCUT2D eigenvalue weighted by atomic mass is 10.1. The fraction of sp³-hybridized carbons (Fsp3) is 0.462. The average Bonchev–Trinajstić information content (AvgIpc) is 2.43. The molecule has 0 aromatic heterocycles. The number of hydrogen-bond acceptors (Lipinski definition) is 4. The predicted octanol–water partition coefficient (Wildman–Crippen LogP) is 1.70. The maximum absolute atomic E-state index is 12.5. The van der Waals surface area contributed by atoms with E-state index >= 15 is 0 Å². The fourth-order valence-electron chi connectivity index (χ4n) is 2.09. The maximum Gasteiger partial charge on any atom is 0.516 e. The molecule has 1 aromatic carbocycles. The Balaban J connectivity index is 2.23. The highest BCUT2D eigenvalue weighted by Gasteiger charge is 2.46. The molecule has 23 heavy (non-hydrogen) atoms. The van der Waals surface area contributed by atoms with Gasteiger partial charge in [0, 0.05) is 13.1 Å². The van der Waals surface area contributed by atoms with Gasteiger partial charge >= 0.3 is 15.5 Å². The molecule has 2 rings (SSSR count). The highest BCUT2D eigenvalue weighted by Crippen LogP contribution is 2.27. The first-order valence-electron chi connectivity index (χ1n) is 6.66. The molecule has 1 fully saturated rings. The molecule has 1 unspecified atom stereocenters. The van der Waals surface area contributed by atoms with Gasteiger partial charge in [0.15, 0.2) is 0 Å². The Labute approximate surface area is 131 Å². The molecule has 0 radical (unpaired) electrons. The van der Waals surface area contributed by atoms with Crippen molar-refractivity contribution in [2.45, 2.75) is 25.1 Å². The smallest absolute Gasteiger partial charge is 0.367 e. The lowest BCUT2D eigenvalue weighted by Gasteiger charge is -2.31. The predicted molar refractivity (Wildman–Crippen MR) is 75.9 cm³/mol. The van der Waals surface area contributed by atoms with E-state index in [1.807, 2.05) is 0 Å². The normalized spacial score (nSPS) is 19.7. The number of para-hydroxylation sites is 1. The van der Waals surface area contributed by atoms with E-state index in [2.05, 4.69) is 0 Å². The first kappa shape index (κ1) is 17.5. The molecule has 0 aliphatic carbocycles. The molecule has 1 N–H and O–H groups in total. The summed E-state index contributed by atoms with van der Waals surface area (Å²) in [4.78, 5) is 13.2. The number of rotatable bonds is 4. The third-order valence-corrected chi connectivity index (χ3v) is 4.35. The number of halogens is 3. The second-order valence-corrected chi connectivity index (χ2v) is 6.78. The van der Waals surface area contributed by atoms with Crippen LogP contribution in [-0.2, 0) is 26.1 Å². The van der Waals surface area contributed by atoms with Crippen LogP contribution in [0, 0.1) is 0 Å². The van der Waals surface area contributed by atoms with E-state index in [4.69, 9.17) is 4.74 Å². The fourth-order valence-corrected chi connectivity index (χ4v) is 2.69. The van der Waals surface area contributed by atoms with Crippen LogP contribution in [0.5, 0.6) is 0 Å². The highest BCUT2D eigenvalue weighted by atomic mass is 32.2. The van der Waals surface area contributed by atoms with E-state index in [0.717, 1.165) is 0 Å². The van der Waals surface area contributed by atoms with Crippen molar-refractivity contribution in [2.24, 2.45) is 0 Å². The largest absolute Gasteiger partial charge is 0.516 e. The van der Waals surface area contributed by atoms with Crippen molar-refractivity contribution < 1.29 is 31.1 Å². The highest BCUT2D eigenvalue weighted by molar-refractivity contribution is 7.93. The zero-order valence-corrected chi connectivity index (χ0v) is 12.9. The maximum atomic E-state index is 12.5. The molecular weight excluding hydrogens is 337 g/mol. The molecule has 0 bridgehead atoms. The summed E-state index contributed by atoms with van der Waals surface area (Å²) < 4.78 is 66.6. The van der Waals surface area contributed by atoms with Gasteiger partial charge in [-0.05, 0) is 18.6 Å². The minimum atomic E-state index is -5.52. The minimum absolute atomic E-state index is 0.0108. The molecule has 0 spiro atoms. The average molecular weight is 352 g/mol. The summed E-state index contributed by atoms with van der Waals surface area (Å²) in [5, 5.41) is 0. The topological polar surface area (TPSA) is 75.7 Å². The minimum Gasteiger partial charge on any atom is -0.367 e. The van der Waals surface area contributed by atoms with Gasteiger partial charge < -0.3 is 9.64 Å². The van der Waals surface area contributed by atoms with Crippen molar-refractivity contribution >= 4 is 21.6 Å². The van der Waals surface area contributed by atoms with E-state index in [9.17, 15) is 26.4 Å². The number of nitrogens with zero attached hydrogens (tertiary/aromatic N) is 1. The number of carbonyl (C=O) groups excluding carboxylic acids is 1. The van der Waals surface area contributed by atoms with Crippen molar-refractivity contribution in [3.05, 3.63) is 29.8 Å². The van der Waals surface area contributed by atoms with E-state index in [1.54, 1.807) is 13.0 Å². The van der Waals surface area contributed by atoms with Gasteiger partial charge in [-0.1, -0.05) is 18.2 Å². The monoisotopic (exact) mass is 352 g/mol. The van der Waals surface area contributed by atoms with Gasteiger partial charge in [-0.25, -0.2) is 0 Å². The molecule has 0 saturated carbocycles. The quantitative estimate of drug-likeness (QED) is 0.895. The summed E-state index contributed by atoms with van der Waals surface area (Å²) in [6.07, 6.45) is -0.202. The zero-order valence-electron chi connectivity index (χ0n) is 12.1. The summed E-state index contributed by atoms with van der Waals surface area (Å²) in [5.74, 6) is -0.309. The van der Waals surface area contributed by atoms with E-state index < -0.39 is 15.5 Å². The molecule has 1 aliphatic rings. The van der Waals surface area contributed by atoms with Gasteiger partial charge in [-0.15, -0.1) is 0 Å². The van der Waals surface area contributed by atoms with E-state index in [0.29, 0.717) is 0 Å². The molecule has 10 heteroatoms. The molecular formula is C13H15F3N2O4S. The number of anilines is 1. The Morgan fingerprint density at radius 3 is 2.65 bits per heavy atom. The molecule has 128 valence electrons. The number of nitrogens with one attached hydrogen (secondary N) is 1. The van der Waals surface area contributed by atoms with Crippen LogP contribution in [0.1, 0.15) is 12.5 Å². The molecule has 6 nitrogen and oxygen atoms in total. The summed E-state index contributed by atoms with van der Waals surface area (Å²) in [7, 11) is -5.52. The molecule has 1 heterocycles. The van der Waals surface area contributed by atoms with Crippen LogP contribution < -0.4 is 4.72 Å². The van der Waals surface area contributed by atoms with Crippen LogP contribution in [0.25, 0.3) is 0 Å². The number of carbonyl (C=O) groups is 1. The van der Waals surface area contributed by atoms with Crippen molar-refractivity contribution in [2.75, 3.05) is 17.9 Å². The van der Waals surface area contributed by atoms with Crippen molar-refractivity contribution in [3.8, 4) is 0 Å². The van der Waals surface area contributed by atoms with E-state index in [1.165, 1.54) is 27.8 Å². The first-order valence-corrected chi connectivity index (χ1v) is 8.15. The summed E-state index contributed by atoms with van der Waals surface area (Å²) >= 11 is 0. The number of morpholine rings is 1. The van der Waals surface area contributed by atoms with Gasteiger partial charge in [-0.2, -0.15) is 21.6 Å². The van der Waals surface area contributed by atoms with Gasteiger partial charge in [0.1, 0.15) is 6.61 Å². The van der Waals surface area contributed by atoms with Crippen LogP contribution >= 0.6 is 0 Å². The molecule has 1 saturated heterocycles. The zero-order chi connectivity index (χ0) is 17.3. The number of amides is 1. The number of alkyl halides is 3. The second kappa shape index (κ2) is 6.36. The first-order chi connectivity index (χ1) is 10.6. The lowest BCUT2D eigenvalue weighted by Crippen LogP contribution is -2.45. The third-order valence-electron chi connectivity index (χ3n) is 3.25. The lowest BCUT2D eigenvalue weighted by molar-refractivity contribution is -0.148. The Kier molecular flexibility index (Phi) is 4.85. The van der Waals surface area contributed by atoms with Crippen LogP contribution in [0.4, 0.5) is 18.9 Å². The van der Waals surface area contributed by atoms with Crippen LogP contribution in [-0.4, -0.2) is 44.0 Å². The standard InChI is InChI=1S/C13H15F3N2O4S/c1-9-6-18(12(19)8-22-9)7-10-4-2-3-5-11(10)17-23(20,21)13(14,15)16/h2-5,9,17H,6-8H2,1H3. The summed E-state index contributed by atoms with van der Waals surface area (Å²) in [6, 6.07) is 5.63. The summed E-state index contributed by atoms with van der Waals surface area (Å²) in [6.45, 7) is 1.91. The van der Waals surface area contributed by atoms with Crippen LogP contribution in [0.3, 0.4) is 0 Å². The Morgan fingerprint density at radius 1 is 1.35 bits per heavy atom. The number of hydrogen-bond donors (Lipinski definition) is 1. The van der Waals surface area contributed by atoms with Gasteiger partial charge in [0.25, 0.3) is 0 Å². The van der Waals surface area contributed by atoms with Crippen LogP contribution in [0.2, 0.25) is 0 Å². The van der Waals surface area contributed by atoms with Gasteiger partial charge in [-0.3, -0.25) is 9.52 Å². The Hall–Kier alpha value is -1.81. The SMILES string of the molecule is CC1CN(Cc2ccccc2NS(=O)(=O)C(F)(F)F)C(=O)CO1. The van der Waals surface area contributed by atoms with Crippen molar-refractivity contribution in [1.82, 2.24) is 4.90 Å². The number of benzene rings is 1. The molecule has 1 aromatic rings. The number of sulfonamides is 1. The molecule has 1 aliphatic heterocycles.